The lowest BCUT2D eigenvalue weighted by Gasteiger charge is -2.17. The lowest BCUT2D eigenvalue weighted by Crippen LogP contribution is -2.19. The normalized spacial score (nSPS) is 12.7. The molecule has 0 amide bonds. The second-order valence-corrected chi connectivity index (χ2v) is 26.7. The molecule has 0 spiro atoms. The Balaban J connectivity index is 0.000000203. The zero-order valence-electron chi connectivity index (χ0n) is 64.1. The van der Waals surface area contributed by atoms with Crippen molar-refractivity contribution >= 4 is 24.4 Å². The summed E-state index contributed by atoms with van der Waals surface area (Å²) in [6, 6.07) is 14.8. The Labute approximate surface area is 691 Å². The SMILES string of the molecule is Cc1cc(-c2c(F)c(F)c(F)c(F)c2F)c(F)c(F)c1F.Cc1cc(-c2c(F)c(F)c(F)c(F)c2F)c(F)c(F)c1F.Cc1cc(-c2c(F)c(F)c(F)c(F)c2F)c(F)c(F)c1F.Cc1cc(-c2c(F)c(F)c(F)c(F)c2F)c(F)c(F)c1F.Fc1cccc(N2CCCC2)c1F.Fc1cccc(N2CCCC2)c1F.Fc1cccc(N2CCCC2)c1F.OB(O)O. The Hall–Kier alpha value is -11.9. The van der Waals surface area contributed by atoms with Gasteiger partial charge in [-0.1, -0.05) is 18.2 Å². The molecule has 127 heavy (non-hydrogen) atoms. The largest absolute Gasteiger partial charge is 0.631 e. The van der Waals surface area contributed by atoms with Gasteiger partial charge >= 0.3 is 7.32 Å². The highest BCUT2D eigenvalue weighted by molar-refractivity contribution is 6.30. The van der Waals surface area contributed by atoms with Crippen LogP contribution in [0.2, 0.25) is 0 Å². The third-order valence-electron chi connectivity index (χ3n) is 18.4. The minimum Gasteiger partial charge on any atom is -0.402 e. The van der Waals surface area contributed by atoms with Crippen LogP contribution in [-0.4, -0.2) is 61.7 Å². The molecular formula is C82H52BF38N3O3. The summed E-state index contributed by atoms with van der Waals surface area (Å²) >= 11 is 0. The van der Waals surface area contributed by atoms with Crippen molar-refractivity contribution in [3.8, 4) is 44.5 Å². The van der Waals surface area contributed by atoms with E-state index in [9.17, 15) is 167 Å². The summed E-state index contributed by atoms with van der Waals surface area (Å²) in [6.45, 7) is 8.75. The molecule has 0 unspecified atom stereocenters. The predicted octanol–water partition coefficient (Wildman–Crippen LogP) is 24.7. The molecule has 45 heteroatoms. The topological polar surface area (TPSA) is 70.4 Å². The fourth-order valence-corrected chi connectivity index (χ4v) is 12.1. The van der Waals surface area contributed by atoms with Crippen LogP contribution in [0.3, 0.4) is 0 Å². The van der Waals surface area contributed by atoms with Crippen molar-refractivity contribution in [1.82, 2.24) is 0 Å². The van der Waals surface area contributed by atoms with Crippen molar-refractivity contribution in [2.24, 2.45) is 0 Å². The van der Waals surface area contributed by atoms with Crippen LogP contribution in [0.1, 0.15) is 60.8 Å². The smallest absolute Gasteiger partial charge is 0.402 e. The maximum Gasteiger partial charge on any atom is 0.631 e. The molecule has 3 N–H and O–H groups in total. The summed E-state index contributed by atoms with van der Waals surface area (Å²) < 4.78 is 502. The number of halogens is 38. The van der Waals surface area contributed by atoms with E-state index in [1.54, 1.807) is 36.4 Å². The Kier molecular flexibility index (Phi) is 34.7. The molecule has 0 saturated carbocycles. The summed E-state index contributed by atoms with van der Waals surface area (Å²) in [6.07, 6.45) is 6.39. The highest BCUT2D eigenvalue weighted by atomic mass is 19.2. The molecule has 14 rings (SSSR count). The molecule has 11 aromatic rings. The first-order chi connectivity index (χ1) is 59.3. The number of anilines is 3. The van der Waals surface area contributed by atoms with Crippen molar-refractivity contribution in [3.05, 3.63) is 322 Å². The van der Waals surface area contributed by atoms with E-state index in [0.29, 0.717) is 41.3 Å². The van der Waals surface area contributed by atoms with Crippen LogP contribution >= 0.6 is 0 Å². The van der Waals surface area contributed by atoms with Crippen LogP contribution in [0.15, 0.2) is 78.9 Å². The number of hydrogen-bond donors (Lipinski definition) is 3. The fraction of sp³-hybridized carbons (Fsp3) is 0.195. The van der Waals surface area contributed by atoms with E-state index >= 15 is 0 Å². The number of aryl methyl sites for hydroxylation is 4. The van der Waals surface area contributed by atoms with Crippen molar-refractivity contribution in [3.63, 3.8) is 0 Å². The molecular weight excluding hydrogens is 1810 g/mol. The van der Waals surface area contributed by atoms with Gasteiger partial charge in [0.25, 0.3) is 0 Å². The molecule has 6 nitrogen and oxygen atoms in total. The van der Waals surface area contributed by atoms with Crippen LogP contribution in [0.5, 0.6) is 0 Å². The number of hydrogen-bond acceptors (Lipinski definition) is 6. The second-order valence-electron chi connectivity index (χ2n) is 26.7. The van der Waals surface area contributed by atoms with Gasteiger partial charge in [0, 0.05) is 61.5 Å². The van der Waals surface area contributed by atoms with E-state index in [2.05, 4.69) is 0 Å². The second kappa shape index (κ2) is 43.1. The van der Waals surface area contributed by atoms with Gasteiger partial charge in [-0.2, -0.15) is 0 Å². The number of benzene rings is 11. The third kappa shape index (κ3) is 22.0. The molecule has 3 fully saturated rings. The summed E-state index contributed by atoms with van der Waals surface area (Å²) in [5, 5.41) is 21.5. The van der Waals surface area contributed by atoms with Gasteiger partial charge in [0.15, 0.2) is 198 Å². The minimum atomic E-state index is -2.44. The first-order valence-corrected chi connectivity index (χ1v) is 35.6. The molecule has 3 aliphatic rings. The predicted molar refractivity (Wildman–Crippen MR) is 381 cm³/mol. The molecule has 0 radical (unpaired) electrons. The fourth-order valence-electron chi connectivity index (χ4n) is 12.1. The molecule has 0 bridgehead atoms. The molecule has 0 aliphatic carbocycles. The van der Waals surface area contributed by atoms with Crippen LogP contribution < -0.4 is 14.7 Å². The molecule has 3 aliphatic heterocycles. The summed E-state index contributed by atoms with van der Waals surface area (Å²) in [5.74, 6) is -74.4. The monoisotopic (exact) mass is 1860 g/mol. The van der Waals surface area contributed by atoms with E-state index in [0.717, 1.165) is 124 Å². The van der Waals surface area contributed by atoms with E-state index in [1.807, 2.05) is 14.7 Å². The first-order valence-electron chi connectivity index (χ1n) is 35.6. The maximum atomic E-state index is 13.6. The Bertz CT molecular complexity index is 5160. The maximum absolute atomic E-state index is 13.6. The van der Waals surface area contributed by atoms with Crippen LogP contribution in [0.25, 0.3) is 44.5 Å². The lowest BCUT2D eigenvalue weighted by atomic mass is 10.00. The zero-order chi connectivity index (χ0) is 95.6. The highest BCUT2D eigenvalue weighted by Crippen LogP contribution is 2.42. The highest BCUT2D eigenvalue weighted by Gasteiger charge is 2.36. The van der Waals surface area contributed by atoms with E-state index in [1.165, 1.54) is 0 Å². The van der Waals surface area contributed by atoms with E-state index in [-0.39, 0.29) is 0 Å². The molecule has 3 heterocycles. The van der Waals surface area contributed by atoms with E-state index < -0.39 is 295 Å². The van der Waals surface area contributed by atoms with Crippen molar-refractivity contribution < 1.29 is 182 Å². The average Bonchev–Trinajstić information content (AvgIpc) is 1.77. The van der Waals surface area contributed by atoms with Gasteiger partial charge in [0.05, 0.1) is 39.3 Å². The molecule has 0 aromatic heterocycles. The summed E-state index contributed by atoms with van der Waals surface area (Å²) in [5.41, 5.74) is -12.8. The third-order valence-corrected chi connectivity index (χ3v) is 18.4. The van der Waals surface area contributed by atoms with Crippen molar-refractivity contribution in [1.29, 1.82) is 0 Å². The summed E-state index contributed by atoms with van der Waals surface area (Å²) in [7, 11) is -2.17. The van der Waals surface area contributed by atoms with Gasteiger partial charge in [-0.05, 0) is 149 Å². The Morgan fingerprint density at radius 3 is 0.472 bits per heavy atom. The van der Waals surface area contributed by atoms with E-state index in [4.69, 9.17) is 15.1 Å². The van der Waals surface area contributed by atoms with Gasteiger partial charge in [-0.3, -0.25) is 0 Å². The summed E-state index contributed by atoms with van der Waals surface area (Å²) in [4.78, 5) is 5.66. The van der Waals surface area contributed by atoms with Crippen LogP contribution in [-0.2, 0) is 0 Å². The average molecular weight is 1860 g/mol. The van der Waals surface area contributed by atoms with Gasteiger partial charge in [-0.15, -0.1) is 0 Å². The Morgan fingerprint density at radius 1 is 0.189 bits per heavy atom. The van der Waals surface area contributed by atoms with Gasteiger partial charge in [-0.25, -0.2) is 167 Å². The number of rotatable bonds is 7. The minimum absolute atomic E-state index is 0.400. The molecule has 0 atom stereocenters. The molecule has 682 valence electrons. The lowest BCUT2D eigenvalue weighted by molar-refractivity contribution is 0.278. The quantitative estimate of drug-likeness (QED) is 0.0639. The van der Waals surface area contributed by atoms with Gasteiger partial charge in [0.2, 0.25) is 23.3 Å². The van der Waals surface area contributed by atoms with Crippen molar-refractivity contribution in [2.45, 2.75) is 66.2 Å². The first kappa shape index (κ1) is 102. The van der Waals surface area contributed by atoms with Crippen molar-refractivity contribution in [2.75, 3.05) is 54.0 Å². The van der Waals surface area contributed by atoms with Crippen LogP contribution in [0, 0.1) is 249 Å². The van der Waals surface area contributed by atoms with Gasteiger partial charge < -0.3 is 29.8 Å². The van der Waals surface area contributed by atoms with Crippen LogP contribution in [0.4, 0.5) is 184 Å². The zero-order valence-corrected chi connectivity index (χ0v) is 64.1. The molecule has 3 saturated heterocycles. The number of nitrogens with zero attached hydrogens (tertiary/aromatic N) is 3. The molecule has 11 aromatic carbocycles. The standard InChI is InChI=1S/4C13H4F8.3C10H11F2N.BH3O3/c4*1-3-2-4(7(15)10(18)6(3)14)5-8(16)11(19)13(21)12(20)9(5)17;3*11-8-4-3-5-9(10(8)12)13-6-1-2-7-13;2-1(3)4/h4*2H,1H3;3*3-5H,1-2,6-7H2;2-4H. The van der Waals surface area contributed by atoms with Gasteiger partial charge in [0.1, 0.15) is 0 Å². The Morgan fingerprint density at radius 2 is 0.323 bits per heavy atom.